The molecule has 0 saturated carbocycles. The summed E-state index contributed by atoms with van der Waals surface area (Å²) in [5.74, 6) is 2.01. The van der Waals surface area contributed by atoms with Crippen LogP contribution in [0.1, 0.15) is 151 Å². The van der Waals surface area contributed by atoms with E-state index in [9.17, 15) is 46.2 Å². The predicted molar refractivity (Wildman–Crippen MR) is 546 cm³/mol. The summed E-state index contributed by atoms with van der Waals surface area (Å²) in [4.78, 5) is 99.3. The number of amides is 1. The van der Waals surface area contributed by atoms with E-state index in [-0.39, 0.29) is 198 Å². The summed E-state index contributed by atoms with van der Waals surface area (Å²) in [6.45, 7) is 20.8. The van der Waals surface area contributed by atoms with Gasteiger partial charge in [0, 0.05) is 154 Å². The van der Waals surface area contributed by atoms with Gasteiger partial charge in [-0.25, -0.2) is 32.4 Å². The number of halogens is 5. The van der Waals surface area contributed by atoms with Crippen LogP contribution < -0.4 is 125 Å². The van der Waals surface area contributed by atoms with E-state index in [0.29, 0.717) is 44.6 Å². The zero-order valence-corrected chi connectivity index (χ0v) is 86.3. The van der Waals surface area contributed by atoms with Crippen LogP contribution in [0.5, 0.6) is 5.75 Å². The number of benzene rings is 6. The molecule has 0 bridgehead atoms. The molecule has 1 amide bonds. The normalized spacial score (nSPS) is 11.3. The number of carbonyl (C=O) groups excluding carboxylic acids is 5. The number of pyridine rings is 10. The Balaban J connectivity index is 0.000000258. The molecular weight excluding hydrogens is 1900 g/mol. The van der Waals surface area contributed by atoms with E-state index in [1.165, 1.54) is 110 Å². The number of aromatic nitrogens is 14. The Labute approximate surface area is 924 Å². The molecule has 0 unspecified atom stereocenters. The maximum atomic E-state index is 13.9. The van der Waals surface area contributed by atoms with Crippen molar-refractivity contribution >= 4 is 89.9 Å². The molecule has 0 spiro atoms. The molecule has 8 N–H and O–H groups in total. The molecule has 34 heteroatoms. The van der Waals surface area contributed by atoms with E-state index in [0.717, 1.165) is 175 Å². The Kier molecular flexibility index (Phi) is 47.2. The third kappa shape index (κ3) is 33.2. The monoisotopic (exact) mass is 2020 g/mol. The largest absolute Gasteiger partial charge is 1.00 e. The zero-order chi connectivity index (χ0) is 100. The number of hydrogen-bond donors (Lipinski definition) is 5. The molecular formula is C111H114F5K2N18O9+. The first-order valence-electron chi connectivity index (χ1n) is 44.5. The molecule has 18 aromatic rings. The molecule has 6 aromatic carbocycles. The minimum absolute atomic E-state index is 0. The summed E-state index contributed by atoms with van der Waals surface area (Å²) < 4.78 is 69.7. The van der Waals surface area contributed by atoms with Crippen molar-refractivity contribution in [1.29, 1.82) is 0 Å². The summed E-state index contributed by atoms with van der Waals surface area (Å²) in [6.07, 6.45) is 15.5. The van der Waals surface area contributed by atoms with Crippen LogP contribution in [-0.2, 0) is 53.2 Å². The zero-order valence-electron chi connectivity index (χ0n) is 81.1. The van der Waals surface area contributed by atoms with Gasteiger partial charge in [0.15, 0.2) is 17.3 Å². The molecule has 3 aliphatic heterocycles. The number of rotatable bonds is 12. The van der Waals surface area contributed by atoms with Crippen LogP contribution >= 0.6 is 0 Å². The van der Waals surface area contributed by atoms with Crippen LogP contribution in [0.15, 0.2) is 280 Å². The number of aromatic hydroxyl groups is 1. The average molecular weight is 2020 g/mol. The van der Waals surface area contributed by atoms with Crippen molar-refractivity contribution in [2.75, 3.05) is 12.3 Å². The minimum Gasteiger partial charge on any atom is -1.00 e. The number of aryl methyl sites for hydroxylation is 8. The van der Waals surface area contributed by atoms with Crippen LogP contribution in [-0.4, -0.2) is 121 Å². The summed E-state index contributed by atoms with van der Waals surface area (Å²) in [6, 6.07) is 66.6. The number of nitrogens with zero attached hydrogens (tertiary/aromatic N) is 15. The maximum absolute atomic E-state index is 13.9. The topological polar surface area (TPSA) is 392 Å². The first-order valence-corrected chi connectivity index (χ1v) is 44.5. The number of allylic oxidation sites excluding steroid dienone is 1. The quantitative estimate of drug-likeness (QED) is 0.0111. The molecule has 145 heavy (non-hydrogen) atoms. The van der Waals surface area contributed by atoms with E-state index in [2.05, 4.69) is 71.5 Å². The number of phenolic OH excluding ortho intramolecular Hbond substituents is 1. The number of carbonyl (C=O) groups is 5. The summed E-state index contributed by atoms with van der Waals surface area (Å²) in [5, 5.41) is 41.6. The van der Waals surface area contributed by atoms with E-state index in [1.54, 1.807) is 110 Å². The van der Waals surface area contributed by atoms with E-state index in [4.69, 9.17) is 36.2 Å². The first-order chi connectivity index (χ1) is 67.4. The predicted octanol–water partition coefficient (Wildman–Crippen LogP) is 15.1. The van der Waals surface area contributed by atoms with Gasteiger partial charge in [0.2, 0.25) is 5.91 Å². The number of hydrogen-bond acceptors (Lipinski definition) is 23. The van der Waals surface area contributed by atoms with Crippen molar-refractivity contribution < 1.29 is 176 Å². The third-order valence-electron chi connectivity index (χ3n) is 22.1. The van der Waals surface area contributed by atoms with Gasteiger partial charge in [-0.3, -0.25) is 94.2 Å². The fourth-order valence-electron chi connectivity index (χ4n) is 15.5. The van der Waals surface area contributed by atoms with Crippen molar-refractivity contribution in [3.8, 4) is 50.8 Å². The van der Waals surface area contributed by atoms with Crippen LogP contribution in [0.2, 0.25) is 0 Å². The number of Topliss-reactive ketones (excluding diaryl/α,β-unsaturated/α-hetero) is 3. The van der Waals surface area contributed by atoms with Gasteiger partial charge in [0.05, 0.1) is 51.2 Å². The van der Waals surface area contributed by atoms with Crippen molar-refractivity contribution in [2.24, 2.45) is 0 Å². The fraction of sp³-hybridized carbons (Fsp3) is 0.198. The molecule has 21 rings (SSSR count). The Hall–Kier alpha value is -13.6. The number of ketones is 3. The standard InChI is InChI=1S/C21H17FN4.C21H18N4O.2C17H13FN2O.C10H8FN.C8H9NO.C6H6FN.C5H10N2.C2H5NO2.CH2O3.3CH4.2K.H/c1-13-4-2-5-18(24-13)21-20(19-6-3-11-26(19)25-21)15-9-10-23-17-8-7-14(22)12-16(15)17;1-13-4-2-5-18(23-13)21-20(19-6-3-11-25(19)24-21)15-9-10-22-17-8-7-14(26)12-16(15)17;2*1-11-3-2-4-16(20-11)17(21)9-12-7-8-19-15-6-5-13(18)10-14(12)15;1-7-4-5-12-10-3-2-8(11)6-9(7)10;1-6-4-3-5-8(9-6)7(2)10;7-5-1-3-6(8)4-2-5;1-5-3-2-4-7(5)6;1-2(4)3-5;2-1-4-3;;;;;;/h2,4-5,7-10,12H,3,6,11H2,1H3;2,4-5,7-10,12,26H,3,6,11H2,1H3;2*2-8,10H,9H2,1H3;2-6H,1H3;3-5H,1-2H3;1-4H,8H2;1-4,6H2;5H,1H3,(H,3,4);1,3H;3*1H4;;;/q;;;;;;;;;;;;;2*+1;-1. The number of nitrogens with two attached hydrogens (primary N) is 1. The number of nitrogen functional groups attached to an aromatic ring is 1. The Morgan fingerprint density at radius 1 is 0.455 bits per heavy atom. The van der Waals surface area contributed by atoms with Crippen molar-refractivity contribution in [2.45, 2.75) is 142 Å². The van der Waals surface area contributed by atoms with E-state index >= 15 is 0 Å². The summed E-state index contributed by atoms with van der Waals surface area (Å²) in [7, 11) is 0. The second-order valence-electron chi connectivity index (χ2n) is 32.5. The van der Waals surface area contributed by atoms with Gasteiger partial charge in [0.25, 0.3) is 6.47 Å². The number of nitrogens with one attached hydrogen (secondary N) is 1. The summed E-state index contributed by atoms with van der Waals surface area (Å²) in [5.41, 5.74) is 30.7. The van der Waals surface area contributed by atoms with Gasteiger partial charge in [-0.05, 0) is 314 Å². The molecule has 0 radical (unpaired) electrons. The number of fused-ring (bicyclic) bond motifs is 7. The van der Waals surface area contributed by atoms with Crippen LogP contribution in [0.4, 0.5) is 27.6 Å². The molecule has 0 atom stereocenters. The Morgan fingerprint density at radius 2 is 0.793 bits per heavy atom. The third-order valence-corrected chi connectivity index (χ3v) is 22.1. The van der Waals surface area contributed by atoms with Gasteiger partial charge in [-0.15, -0.1) is 0 Å². The Morgan fingerprint density at radius 3 is 1.15 bits per heavy atom. The molecule has 3 aliphatic rings. The second kappa shape index (κ2) is 57.8. The molecule has 738 valence electrons. The van der Waals surface area contributed by atoms with Gasteiger partial charge in [0.1, 0.15) is 63.3 Å². The molecule has 27 nitrogen and oxygen atoms in total. The molecule has 12 aromatic heterocycles. The van der Waals surface area contributed by atoms with Crippen LogP contribution in [0.25, 0.3) is 99.5 Å². The molecule has 1 saturated heterocycles. The summed E-state index contributed by atoms with van der Waals surface area (Å²) >= 11 is 0. The van der Waals surface area contributed by atoms with Crippen LogP contribution in [0, 0.1) is 70.6 Å². The average Bonchev–Trinajstić information content (AvgIpc) is 1.59. The fourth-order valence-corrected chi connectivity index (χ4v) is 15.5. The molecule has 15 heterocycles. The van der Waals surface area contributed by atoms with Crippen LogP contribution in [0.3, 0.4) is 0 Å². The Bertz CT molecular complexity index is 7170. The van der Waals surface area contributed by atoms with Crippen molar-refractivity contribution in [3.05, 3.63) is 383 Å². The van der Waals surface area contributed by atoms with E-state index < -0.39 is 5.91 Å². The molecule has 1 fully saturated rings. The van der Waals surface area contributed by atoms with Crippen molar-refractivity contribution in [1.82, 2.24) is 79.9 Å². The van der Waals surface area contributed by atoms with Gasteiger partial charge < -0.3 is 22.4 Å². The van der Waals surface area contributed by atoms with Crippen molar-refractivity contribution in [3.63, 3.8) is 0 Å². The number of phenols is 1. The minimum atomic E-state index is -0.440. The van der Waals surface area contributed by atoms with Gasteiger partial charge in [-0.2, -0.15) is 10.2 Å². The number of hydroxylamine groups is 1. The molecule has 0 aliphatic carbocycles. The number of quaternary nitrogens is 1. The van der Waals surface area contributed by atoms with Gasteiger partial charge in [-0.1, -0.05) is 59.2 Å². The van der Waals surface area contributed by atoms with Gasteiger partial charge >= 0.3 is 103 Å². The SMILES string of the molecule is C.C.C.C=C1CCCN1[NH3+].CC(=O)NO.CC(=O)c1cccc(C)n1.Cc1cccc(-c2nn3c(c2-c2ccnc4ccc(F)cc24)CCC3)n1.Cc1cccc(-c2nn3c(c2-c2ccnc4ccc(O)cc24)CCC3)n1.Cc1cccc(C(=O)Cc2ccnc3ccc(F)cc23)n1.Cc1cccc(C(=O)Cc2ccnc3ccc(F)cc23)n1.Cc1ccnc2ccc(F)cc12.Nc1ccc(F)cc1.O=CO[O-].[H-].[K+].[K+]. The number of anilines is 1. The maximum Gasteiger partial charge on any atom is 1.00 e. The smallest absolute Gasteiger partial charge is 1.00 e. The second-order valence-corrected chi connectivity index (χ2v) is 32.5. The van der Waals surface area contributed by atoms with E-state index in [1.807, 2.05) is 138 Å². The first kappa shape index (κ1) is 118.